The van der Waals surface area contributed by atoms with Crippen LogP contribution in [0.4, 0.5) is 5.69 Å². The largest absolute Gasteiger partial charge is 0.465 e. The predicted octanol–water partition coefficient (Wildman–Crippen LogP) is 3.11. The summed E-state index contributed by atoms with van der Waals surface area (Å²) >= 11 is 0. The monoisotopic (exact) mass is 286 g/mol. The second kappa shape index (κ2) is 4.72. The van der Waals surface area contributed by atoms with E-state index in [1.54, 1.807) is 18.5 Å². The van der Waals surface area contributed by atoms with Gasteiger partial charge in [0.1, 0.15) is 0 Å². The molecule has 0 saturated heterocycles. The summed E-state index contributed by atoms with van der Waals surface area (Å²) in [7, 11) is 1.42. The Labute approximate surface area is 125 Å². The highest BCUT2D eigenvalue weighted by Crippen LogP contribution is 2.65. The molecule has 1 heterocycles. The van der Waals surface area contributed by atoms with Crippen molar-refractivity contribution in [2.45, 2.75) is 32.1 Å². The highest BCUT2D eigenvalue weighted by Gasteiger charge is 2.57. The molecule has 4 aliphatic carbocycles. The third-order valence-electron chi connectivity index (χ3n) is 6.02. The highest BCUT2D eigenvalue weighted by atomic mass is 16.5. The van der Waals surface area contributed by atoms with Crippen molar-refractivity contribution in [2.24, 2.45) is 23.2 Å². The number of carbonyl (C=O) groups excluding carboxylic acids is 1. The maximum Gasteiger partial charge on any atom is 0.340 e. The maximum atomic E-state index is 11.8. The average Bonchev–Trinajstić information content (AvgIpc) is 2.89. The summed E-state index contributed by atoms with van der Waals surface area (Å²) in [6.07, 6.45) is 10.4. The van der Waals surface area contributed by atoms with Crippen molar-refractivity contribution >= 4 is 11.7 Å². The number of methoxy groups -OCH3 is 1. The van der Waals surface area contributed by atoms with E-state index in [2.05, 4.69) is 10.3 Å². The number of hydrogen-bond donors (Lipinski definition) is 1. The van der Waals surface area contributed by atoms with E-state index < -0.39 is 0 Å². The number of anilines is 1. The summed E-state index contributed by atoms with van der Waals surface area (Å²) in [6, 6.07) is 1.73. The molecule has 1 N–H and O–H groups in total. The van der Waals surface area contributed by atoms with Gasteiger partial charge >= 0.3 is 5.97 Å². The summed E-state index contributed by atoms with van der Waals surface area (Å²) in [6.45, 7) is 0.973. The Hall–Kier alpha value is -1.58. The molecule has 0 aromatic carbocycles. The molecule has 1 aromatic heterocycles. The molecule has 21 heavy (non-hydrogen) atoms. The third kappa shape index (κ3) is 2.03. The van der Waals surface area contributed by atoms with Crippen molar-refractivity contribution in [3.8, 4) is 0 Å². The molecule has 4 heteroatoms. The lowest BCUT2D eigenvalue weighted by atomic mass is 9.75. The number of nitrogens with one attached hydrogen (secondary N) is 1. The number of aromatic nitrogens is 1. The van der Waals surface area contributed by atoms with Gasteiger partial charge in [-0.3, -0.25) is 4.98 Å². The first-order chi connectivity index (χ1) is 10.2. The number of rotatable bonds is 4. The quantitative estimate of drug-likeness (QED) is 0.864. The average molecular weight is 286 g/mol. The van der Waals surface area contributed by atoms with E-state index in [-0.39, 0.29) is 5.97 Å². The fourth-order valence-electron chi connectivity index (χ4n) is 5.35. The number of hydrogen-bond acceptors (Lipinski definition) is 4. The van der Waals surface area contributed by atoms with Gasteiger partial charge in [0, 0.05) is 12.7 Å². The van der Waals surface area contributed by atoms with Gasteiger partial charge in [-0.1, -0.05) is 0 Å². The highest BCUT2D eigenvalue weighted by molar-refractivity contribution is 5.95. The Bertz CT molecular complexity index is 558. The van der Waals surface area contributed by atoms with Crippen LogP contribution in [0.1, 0.15) is 42.5 Å². The molecule has 2 atom stereocenters. The van der Waals surface area contributed by atoms with Crippen LogP contribution in [0.5, 0.6) is 0 Å². The number of carbonyl (C=O) groups is 1. The summed E-state index contributed by atoms with van der Waals surface area (Å²) in [5, 5.41) is 3.51. The molecule has 4 aliphatic rings. The van der Waals surface area contributed by atoms with E-state index in [9.17, 15) is 4.79 Å². The van der Waals surface area contributed by atoms with Gasteiger partial charge in [0.25, 0.3) is 0 Å². The van der Waals surface area contributed by atoms with Gasteiger partial charge in [0.15, 0.2) is 0 Å². The second-order valence-corrected chi connectivity index (χ2v) is 7.17. The molecule has 0 spiro atoms. The van der Waals surface area contributed by atoms with Crippen LogP contribution in [-0.4, -0.2) is 24.6 Å². The number of esters is 1. The van der Waals surface area contributed by atoms with Gasteiger partial charge in [-0.05, 0) is 61.3 Å². The maximum absolute atomic E-state index is 11.8. The summed E-state index contributed by atoms with van der Waals surface area (Å²) < 4.78 is 4.85. The summed E-state index contributed by atoms with van der Waals surface area (Å²) in [5.41, 5.74) is 1.86. The Morgan fingerprint density at radius 1 is 1.38 bits per heavy atom. The van der Waals surface area contributed by atoms with Crippen molar-refractivity contribution in [1.29, 1.82) is 0 Å². The van der Waals surface area contributed by atoms with E-state index in [1.807, 2.05) is 0 Å². The Balaban J connectivity index is 1.52. The zero-order chi connectivity index (χ0) is 14.4. The van der Waals surface area contributed by atoms with Gasteiger partial charge < -0.3 is 10.1 Å². The van der Waals surface area contributed by atoms with Crippen LogP contribution >= 0.6 is 0 Å². The van der Waals surface area contributed by atoms with E-state index in [0.29, 0.717) is 11.0 Å². The van der Waals surface area contributed by atoms with Crippen LogP contribution in [-0.2, 0) is 4.74 Å². The fraction of sp³-hybridized carbons (Fsp3) is 0.647. The Morgan fingerprint density at radius 3 is 2.86 bits per heavy atom. The van der Waals surface area contributed by atoms with Crippen LogP contribution in [0, 0.1) is 23.2 Å². The minimum absolute atomic E-state index is 0.297. The van der Waals surface area contributed by atoms with E-state index in [4.69, 9.17) is 4.74 Å². The lowest BCUT2D eigenvalue weighted by molar-refractivity contribution is 0.0601. The summed E-state index contributed by atoms with van der Waals surface area (Å²) in [4.78, 5) is 16.0. The van der Waals surface area contributed by atoms with Crippen LogP contribution in [0.15, 0.2) is 18.5 Å². The first-order valence-electron chi connectivity index (χ1n) is 7.96. The number of pyridine rings is 1. The SMILES string of the molecule is COC(=O)c1ccncc1NCC12CC3CC(CC1C3)C2. The lowest BCUT2D eigenvalue weighted by Gasteiger charge is -2.33. The fourth-order valence-corrected chi connectivity index (χ4v) is 5.35. The normalized spacial score (nSPS) is 36.0. The topological polar surface area (TPSA) is 51.2 Å². The van der Waals surface area contributed by atoms with E-state index in [1.165, 1.54) is 39.2 Å². The first kappa shape index (κ1) is 13.1. The second-order valence-electron chi connectivity index (χ2n) is 7.17. The van der Waals surface area contributed by atoms with Gasteiger partial charge in [-0.2, -0.15) is 0 Å². The molecule has 0 amide bonds. The summed E-state index contributed by atoms with van der Waals surface area (Å²) in [5.74, 6) is 2.51. The molecule has 4 saturated carbocycles. The van der Waals surface area contributed by atoms with Crippen molar-refractivity contribution in [1.82, 2.24) is 4.98 Å². The molecule has 112 valence electrons. The molecule has 4 fully saturated rings. The number of nitrogens with zero attached hydrogens (tertiary/aromatic N) is 1. The van der Waals surface area contributed by atoms with Crippen LogP contribution in [0.2, 0.25) is 0 Å². The first-order valence-corrected chi connectivity index (χ1v) is 7.96. The van der Waals surface area contributed by atoms with Gasteiger partial charge in [-0.15, -0.1) is 0 Å². The predicted molar refractivity (Wildman–Crippen MR) is 80.1 cm³/mol. The minimum Gasteiger partial charge on any atom is -0.465 e. The standard InChI is InChI=1S/C17H22N2O2/c1-21-16(20)14-2-3-18-9-15(14)19-10-17-7-11-4-12(8-17)6-13(17)5-11/h2-3,9,11-13,19H,4-8,10H2,1H3. The van der Waals surface area contributed by atoms with Crippen LogP contribution in [0.3, 0.4) is 0 Å². The Morgan fingerprint density at radius 2 is 2.14 bits per heavy atom. The molecule has 1 aromatic rings. The number of ether oxygens (including phenoxy) is 1. The van der Waals surface area contributed by atoms with E-state index >= 15 is 0 Å². The molecular formula is C17H22N2O2. The van der Waals surface area contributed by atoms with Crippen molar-refractivity contribution in [3.63, 3.8) is 0 Å². The van der Waals surface area contributed by atoms with Gasteiger partial charge in [0.2, 0.25) is 0 Å². The molecule has 0 aliphatic heterocycles. The zero-order valence-electron chi connectivity index (χ0n) is 12.5. The van der Waals surface area contributed by atoms with Crippen LogP contribution < -0.4 is 5.32 Å². The van der Waals surface area contributed by atoms with Crippen molar-refractivity contribution in [3.05, 3.63) is 24.0 Å². The van der Waals surface area contributed by atoms with Crippen LogP contribution in [0.25, 0.3) is 0 Å². The smallest absolute Gasteiger partial charge is 0.340 e. The molecule has 4 nitrogen and oxygen atoms in total. The molecule has 0 radical (unpaired) electrons. The third-order valence-corrected chi connectivity index (χ3v) is 6.02. The van der Waals surface area contributed by atoms with Gasteiger partial charge in [0.05, 0.1) is 24.6 Å². The minimum atomic E-state index is -0.297. The zero-order valence-corrected chi connectivity index (χ0v) is 12.5. The molecule has 4 bridgehead atoms. The van der Waals surface area contributed by atoms with Crippen molar-refractivity contribution < 1.29 is 9.53 Å². The Kier molecular flexibility index (Phi) is 2.95. The lowest BCUT2D eigenvalue weighted by Crippen LogP contribution is -2.31. The molecule has 2 unspecified atom stereocenters. The van der Waals surface area contributed by atoms with E-state index in [0.717, 1.165) is 30.0 Å². The van der Waals surface area contributed by atoms with Gasteiger partial charge in [-0.25, -0.2) is 4.79 Å². The van der Waals surface area contributed by atoms with Crippen molar-refractivity contribution in [2.75, 3.05) is 19.0 Å². The molecule has 5 rings (SSSR count). The molecular weight excluding hydrogens is 264 g/mol.